The second kappa shape index (κ2) is 10.9. The van der Waals surface area contributed by atoms with Crippen LogP contribution in [0.5, 0.6) is 17.2 Å². The van der Waals surface area contributed by atoms with Gasteiger partial charge in [0.1, 0.15) is 29.4 Å². The number of fused-ring (bicyclic) bond motifs is 1. The SMILES string of the molecule is COc1c(C)c2c(c(OCC[Si](C)(C)C)c1C=C=C(C)CP(=O)(O)Oc1ccccc1)C(=O)OC2. The van der Waals surface area contributed by atoms with Gasteiger partial charge in [-0.1, -0.05) is 37.8 Å². The van der Waals surface area contributed by atoms with Crippen molar-refractivity contribution in [3.8, 4) is 17.2 Å². The molecular weight excluding hydrogens is 483 g/mol. The number of hydrogen-bond donors (Lipinski definition) is 1. The molecule has 1 atom stereocenters. The van der Waals surface area contributed by atoms with Crippen molar-refractivity contribution in [3.05, 3.63) is 63.9 Å². The Morgan fingerprint density at radius 3 is 2.54 bits per heavy atom. The molecule has 0 fully saturated rings. The van der Waals surface area contributed by atoms with Crippen LogP contribution < -0.4 is 14.0 Å². The second-order valence-corrected chi connectivity index (χ2v) is 17.2. The number of cyclic esters (lactones) is 1. The zero-order valence-corrected chi connectivity index (χ0v) is 23.0. The van der Waals surface area contributed by atoms with Crippen molar-refractivity contribution >= 4 is 27.7 Å². The Bertz CT molecular complexity index is 1210. The van der Waals surface area contributed by atoms with Crippen molar-refractivity contribution in [2.75, 3.05) is 19.9 Å². The van der Waals surface area contributed by atoms with Crippen LogP contribution in [0.3, 0.4) is 0 Å². The first-order chi connectivity index (χ1) is 16.4. The van der Waals surface area contributed by atoms with Crippen molar-refractivity contribution in [1.82, 2.24) is 0 Å². The Morgan fingerprint density at radius 2 is 1.91 bits per heavy atom. The van der Waals surface area contributed by atoms with Crippen molar-refractivity contribution in [3.63, 3.8) is 0 Å². The summed E-state index contributed by atoms with van der Waals surface area (Å²) in [4.78, 5) is 22.9. The lowest BCUT2D eigenvalue weighted by molar-refractivity contribution is 0.0532. The first-order valence-electron chi connectivity index (χ1n) is 11.4. The van der Waals surface area contributed by atoms with Gasteiger partial charge in [-0.15, -0.1) is 5.73 Å². The summed E-state index contributed by atoms with van der Waals surface area (Å²) in [6, 6.07) is 9.42. The summed E-state index contributed by atoms with van der Waals surface area (Å²) >= 11 is 0. The zero-order chi connectivity index (χ0) is 25.8. The third-order valence-corrected chi connectivity index (χ3v) is 8.63. The van der Waals surface area contributed by atoms with Crippen molar-refractivity contribution < 1.29 is 33.0 Å². The maximum absolute atomic E-state index is 12.6. The molecule has 1 heterocycles. The molecular formula is C26H33O7PSi. The van der Waals surface area contributed by atoms with Crippen LogP contribution in [0.4, 0.5) is 0 Å². The topological polar surface area (TPSA) is 91.3 Å². The molecule has 0 amide bonds. The highest BCUT2D eigenvalue weighted by Crippen LogP contribution is 2.45. The van der Waals surface area contributed by atoms with E-state index in [1.54, 1.807) is 50.4 Å². The molecule has 0 bridgehead atoms. The molecule has 1 unspecified atom stereocenters. The number of carbonyl (C=O) groups excluding carboxylic acids is 1. The maximum Gasteiger partial charge on any atom is 0.381 e. The molecule has 0 radical (unpaired) electrons. The Kier molecular flexibility index (Phi) is 8.34. The monoisotopic (exact) mass is 516 g/mol. The first-order valence-corrected chi connectivity index (χ1v) is 16.9. The Morgan fingerprint density at radius 1 is 1.23 bits per heavy atom. The number of ether oxygens (including phenoxy) is 3. The van der Waals surface area contributed by atoms with E-state index in [0.29, 0.717) is 40.6 Å². The molecule has 1 N–H and O–H groups in total. The van der Waals surface area contributed by atoms with Gasteiger partial charge in [-0.05, 0) is 49.2 Å². The fourth-order valence-electron chi connectivity index (χ4n) is 3.73. The van der Waals surface area contributed by atoms with Gasteiger partial charge in [0.25, 0.3) is 0 Å². The Balaban J connectivity index is 1.99. The molecule has 0 aromatic heterocycles. The Hall–Kier alpha value is -2.76. The van der Waals surface area contributed by atoms with Gasteiger partial charge in [0, 0.05) is 13.6 Å². The molecule has 35 heavy (non-hydrogen) atoms. The molecule has 2 aromatic rings. The summed E-state index contributed by atoms with van der Waals surface area (Å²) < 4.78 is 35.1. The van der Waals surface area contributed by atoms with Gasteiger partial charge in [-0.3, -0.25) is 0 Å². The van der Waals surface area contributed by atoms with Crippen molar-refractivity contribution in [2.45, 2.75) is 46.1 Å². The fraction of sp³-hybridized carbons (Fsp3) is 0.385. The Labute approximate surface area is 207 Å². The summed E-state index contributed by atoms with van der Waals surface area (Å²) in [5, 5.41) is 0. The second-order valence-electron chi connectivity index (χ2n) is 9.76. The number of allylic oxidation sites excluding steroid dienone is 1. The average molecular weight is 517 g/mol. The summed E-state index contributed by atoms with van der Waals surface area (Å²) in [6.07, 6.45) is 1.43. The van der Waals surface area contributed by atoms with Gasteiger partial charge in [0.2, 0.25) is 0 Å². The number of rotatable bonds is 10. The largest absolute Gasteiger partial charge is 0.496 e. The lowest BCUT2D eigenvalue weighted by Gasteiger charge is -2.20. The van der Waals surface area contributed by atoms with Gasteiger partial charge in [0.15, 0.2) is 0 Å². The maximum atomic E-state index is 12.6. The molecule has 0 saturated carbocycles. The molecule has 3 rings (SSSR count). The van der Waals surface area contributed by atoms with Gasteiger partial charge in [0.05, 0.1) is 25.4 Å². The van der Waals surface area contributed by atoms with E-state index >= 15 is 0 Å². The molecule has 0 spiro atoms. The third kappa shape index (κ3) is 6.89. The van der Waals surface area contributed by atoms with Gasteiger partial charge in [-0.25, -0.2) is 9.36 Å². The number of benzene rings is 2. The van der Waals surface area contributed by atoms with Crippen LogP contribution in [0, 0.1) is 6.92 Å². The molecule has 2 aromatic carbocycles. The van der Waals surface area contributed by atoms with Crippen LogP contribution in [0.25, 0.3) is 6.08 Å². The van der Waals surface area contributed by atoms with E-state index in [-0.39, 0.29) is 12.8 Å². The molecule has 7 nitrogen and oxygen atoms in total. The van der Waals surface area contributed by atoms with E-state index in [4.69, 9.17) is 18.7 Å². The highest BCUT2D eigenvalue weighted by atomic mass is 31.2. The molecule has 0 aliphatic carbocycles. The predicted molar refractivity (Wildman–Crippen MR) is 139 cm³/mol. The van der Waals surface area contributed by atoms with Gasteiger partial charge in [-0.2, -0.15) is 0 Å². The molecule has 1 aliphatic rings. The van der Waals surface area contributed by atoms with E-state index in [0.717, 1.165) is 17.2 Å². The highest BCUT2D eigenvalue weighted by Gasteiger charge is 2.33. The van der Waals surface area contributed by atoms with Gasteiger partial charge < -0.3 is 23.6 Å². The van der Waals surface area contributed by atoms with Crippen LogP contribution in [0.2, 0.25) is 25.7 Å². The van der Waals surface area contributed by atoms with E-state index in [2.05, 4.69) is 25.4 Å². The van der Waals surface area contributed by atoms with E-state index in [1.165, 1.54) is 0 Å². The summed E-state index contributed by atoms with van der Waals surface area (Å²) in [5.74, 6) is 0.845. The van der Waals surface area contributed by atoms with Crippen LogP contribution in [-0.2, 0) is 15.9 Å². The smallest absolute Gasteiger partial charge is 0.381 e. The van der Waals surface area contributed by atoms with E-state index < -0.39 is 21.6 Å². The summed E-state index contributed by atoms with van der Waals surface area (Å²) in [6.45, 7) is 11.0. The van der Waals surface area contributed by atoms with Crippen molar-refractivity contribution in [1.29, 1.82) is 0 Å². The average Bonchev–Trinajstić information content (AvgIpc) is 3.15. The lowest BCUT2D eigenvalue weighted by Crippen LogP contribution is -2.23. The number of carbonyl (C=O) groups is 1. The van der Waals surface area contributed by atoms with Gasteiger partial charge >= 0.3 is 13.6 Å². The standard InChI is InChI=1S/C26H33O7PSi/c1-18(17-34(28,29)33-20-10-8-7-9-11-20)12-13-21-24(30-3)19(2)22-16-32-26(27)23(22)25(21)31-14-15-35(4,5)6/h7-11,13H,14-17H2,1-6H3,(H,28,29). The fourth-order valence-corrected chi connectivity index (χ4v) is 5.65. The van der Waals surface area contributed by atoms with Crippen LogP contribution in [0.1, 0.15) is 34.0 Å². The quantitative estimate of drug-likeness (QED) is 0.174. The minimum atomic E-state index is -3.94. The highest BCUT2D eigenvalue weighted by molar-refractivity contribution is 7.53. The number of esters is 1. The van der Waals surface area contributed by atoms with E-state index in [1.807, 2.05) is 6.92 Å². The molecule has 0 saturated heterocycles. The molecule has 9 heteroatoms. The summed E-state index contributed by atoms with van der Waals surface area (Å²) in [5.41, 5.74) is 6.07. The van der Waals surface area contributed by atoms with E-state index in [9.17, 15) is 14.3 Å². The molecule has 1 aliphatic heterocycles. The number of hydrogen-bond acceptors (Lipinski definition) is 6. The normalized spacial score (nSPS) is 14.3. The minimum Gasteiger partial charge on any atom is -0.496 e. The lowest BCUT2D eigenvalue weighted by atomic mass is 9.96. The number of para-hydroxylation sites is 1. The van der Waals surface area contributed by atoms with Crippen LogP contribution >= 0.6 is 7.60 Å². The third-order valence-electron chi connectivity index (χ3n) is 5.56. The first kappa shape index (κ1) is 26.8. The molecule has 188 valence electrons. The van der Waals surface area contributed by atoms with Crippen LogP contribution in [0.15, 0.2) is 41.6 Å². The minimum absolute atomic E-state index is 0.171. The summed E-state index contributed by atoms with van der Waals surface area (Å²) in [7, 11) is -3.76. The van der Waals surface area contributed by atoms with Crippen LogP contribution in [-0.4, -0.2) is 38.8 Å². The van der Waals surface area contributed by atoms with Crippen molar-refractivity contribution in [2.24, 2.45) is 0 Å². The zero-order valence-electron chi connectivity index (χ0n) is 21.1. The predicted octanol–water partition coefficient (Wildman–Crippen LogP) is 6.21. The number of methoxy groups -OCH3 is 1.